The molecule has 0 heterocycles. The largest absolute Gasteiger partial charge is 0.396 e. The monoisotopic (exact) mass is 224 g/mol. The van der Waals surface area contributed by atoms with Gasteiger partial charge < -0.3 is 5.11 Å². The predicted octanol–water partition coefficient (Wildman–Crippen LogP) is 3.61. The standard InChI is InChI=1S/C13H17ClO/c14-12-7-5-11(6-8-12)13(2-1-9-15)10-3-4-10/h5-8,10,13,15H,1-4,9H2. The molecule has 1 aromatic carbocycles. The van der Waals surface area contributed by atoms with Crippen molar-refractivity contribution < 1.29 is 5.11 Å². The maximum atomic E-state index is 8.89. The average Bonchev–Trinajstić information content (AvgIpc) is 3.05. The highest BCUT2D eigenvalue weighted by Crippen LogP contribution is 2.45. The Balaban J connectivity index is 2.06. The van der Waals surface area contributed by atoms with Crippen molar-refractivity contribution in [1.82, 2.24) is 0 Å². The molecule has 2 heteroatoms. The Hall–Kier alpha value is -0.530. The van der Waals surface area contributed by atoms with Gasteiger partial charge in [0.2, 0.25) is 0 Å². The molecule has 0 saturated heterocycles. The second-order valence-electron chi connectivity index (χ2n) is 4.36. The second-order valence-corrected chi connectivity index (χ2v) is 4.80. The molecule has 1 nitrogen and oxygen atoms in total. The third kappa shape index (κ3) is 2.96. The zero-order valence-corrected chi connectivity index (χ0v) is 9.58. The summed E-state index contributed by atoms with van der Waals surface area (Å²) in [5.41, 5.74) is 1.38. The van der Waals surface area contributed by atoms with Gasteiger partial charge in [-0.1, -0.05) is 23.7 Å². The van der Waals surface area contributed by atoms with Gasteiger partial charge in [-0.3, -0.25) is 0 Å². The van der Waals surface area contributed by atoms with Crippen LogP contribution in [0.25, 0.3) is 0 Å². The first kappa shape index (κ1) is 11.0. The lowest BCUT2D eigenvalue weighted by atomic mass is 9.90. The normalized spacial score (nSPS) is 17.7. The Labute approximate surface area is 96.1 Å². The molecule has 0 bridgehead atoms. The minimum absolute atomic E-state index is 0.302. The Morgan fingerprint density at radius 1 is 1.27 bits per heavy atom. The zero-order chi connectivity index (χ0) is 10.7. The lowest BCUT2D eigenvalue weighted by Gasteiger charge is -2.16. The second kappa shape index (κ2) is 5.00. The molecule has 1 atom stereocenters. The van der Waals surface area contributed by atoms with Gasteiger partial charge in [-0.15, -0.1) is 0 Å². The SMILES string of the molecule is OCCCC(c1ccc(Cl)cc1)C1CC1. The van der Waals surface area contributed by atoms with Crippen molar-refractivity contribution in [2.45, 2.75) is 31.6 Å². The fraction of sp³-hybridized carbons (Fsp3) is 0.538. The first-order valence-corrected chi connectivity index (χ1v) is 6.05. The van der Waals surface area contributed by atoms with Crippen LogP contribution in [-0.2, 0) is 0 Å². The summed E-state index contributed by atoms with van der Waals surface area (Å²) in [5.74, 6) is 1.48. The van der Waals surface area contributed by atoms with E-state index in [0.29, 0.717) is 12.5 Å². The molecular weight excluding hydrogens is 208 g/mol. The summed E-state index contributed by atoms with van der Waals surface area (Å²) in [5, 5.41) is 9.69. The molecule has 15 heavy (non-hydrogen) atoms. The number of benzene rings is 1. The van der Waals surface area contributed by atoms with Crippen molar-refractivity contribution in [2.75, 3.05) is 6.61 Å². The van der Waals surface area contributed by atoms with E-state index in [1.807, 2.05) is 12.1 Å². The van der Waals surface area contributed by atoms with E-state index in [1.165, 1.54) is 18.4 Å². The molecule has 0 aliphatic heterocycles. The van der Waals surface area contributed by atoms with Crippen molar-refractivity contribution >= 4 is 11.6 Å². The molecule has 82 valence electrons. The highest BCUT2D eigenvalue weighted by molar-refractivity contribution is 6.30. The summed E-state index contributed by atoms with van der Waals surface area (Å²) in [6, 6.07) is 8.18. The van der Waals surface area contributed by atoms with E-state index in [-0.39, 0.29) is 0 Å². The number of aliphatic hydroxyl groups is 1. The van der Waals surface area contributed by atoms with Gasteiger partial charge in [0.15, 0.2) is 0 Å². The molecule has 1 unspecified atom stereocenters. The van der Waals surface area contributed by atoms with E-state index < -0.39 is 0 Å². The number of hydrogen-bond acceptors (Lipinski definition) is 1. The van der Waals surface area contributed by atoms with Crippen LogP contribution in [0.15, 0.2) is 24.3 Å². The highest BCUT2D eigenvalue weighted by Gasteiger charge is 2.31. The molecule has 1 aromatic rings. The maximum absolute atomic E-state index is 8.89. The molecule has 0 radical (unpaired) electrons. The summed E-state index contributed by atoms with van der Waals surface area (Å²) in [4.78, 5) is 0. The summed E-state index contributed by atoms with van der Waals surface area (Å²) in [6.07, 6.45) is 4.70. The number of aliphatic hydroxyl groups excluding tert-OH is 1. The molecule has 0 amide bonds. The topological polar surface area (TPSA) is 20.2 Å². The first-order chi connectivity index (χ1) is 7.31. The zero-order valence-electron chi connectivity index (χ0n) is 8.82. The molecule has 0 spiro atoms. The van der Waals surface area contributed by atoms with Crippen LogP contribution in [0.5, 0.6) is 0 Å². The van der Waals surface area contributed by atoms with Gasteiger partial charge in [0.25, 0.3) is 0 Å². The summed E-state index contributed by atoms with van der Waals surface area (Å²) in [7, 11) is 0. The van der Waals surface area contributed by atoms with Gasteiger partial charge in [0.1, 0.15) is 0 Å². The molecule has 1 N–H and O–H groups in total. The molecule has 1 fully saturated rings. The van der Waals surface area contributed by atoms with Crippen LogP contribution in [0.2, 0.25) is 5.02 Å². The summed E-state index contributed by atoms with van der Waals surface area (Å²) >= 11 is 5.88. The molecular formula is C13H17ClO. The van der Waals surface area contributed by atoms with E-state index in [9.17, 15) is 0 Å². The van der Waals surface area contributed by atoms with E-state index in [4.69, 9.17) is 16.7 Å². The van der Waals surface area contributed by atoms with Crippen molar-refractivity contribution in [3.05, 3.63) is 34.9 Å². The van der Waals surface area contributed by atoms with Crippen LogP contribution in [0.4, 0.5) is 0 Å². The van der Waals surface area contributed by atoms with Crippen molar-refractivity contribution in [1.29, 1.82) is 0 Å². The fourth-order valence-corrected chi connectivity index (χ4v) is 2.32. The van der Waals surface area contributed by atoms with Crippen LogP contribution in [0.1, 0.15) is 37.2 Å². The minimum atomic E-state index is 0.302. The third-order valence-corrected chi connectivity index (χ3v) is 3.41. The van der Waals surface area contributed by atoms with E-state index in [0.717, 1.165) is 23.8 Å². The van der Waals surface area contributed by atoms with Crippen LogP contribution in [-0.4, -0.2) is 11.7 Å². The summed E-state index contributed by atoms with van der Waals surface area (Å²) < 4.78 is 0. The van der Waals surface area contributed by atoms with Crippen LogP contribution in [0.3, 0.4) is 0 Å². The number of rotatable bonds is 5. The number of hydrogen-bond donors (Lipinski definition) is 1. The number of halogens is 1. The van der Waals surface area contributed by atoms with Gasteiger partial charge in [0, 0.05) is 11.6 Å². The van der Waals surface area contributed by atoms with Crippen LogP contribution < -0.4 is 0 Å². The van der Waals surface area contributed by atoms with Crippen molar-refractivity contribution in [2.24, 2.45) is 5.92 Å². The molecule has 1 aliphatic carbocycles. The lowest BCUT2D eigenvalue weighted by Crippen LogP contribution is -2.02. The van der Waals surface area contributed by atoms with Gasteiger partial charge >= 0.3 is 0 Å². The van der Waals surface area contributed by atoms with Crippen molar-refractivity contribution in [3.63, 3.8) is 0 Å². The van der Waals surface area contributed by atoms with Crippen LogP contribution >= 0.6 is 11.6 Å². The molecule has 1 aliphatic rings. The predicted molar refractivity (Wildman–Crippen MR) is 63.2 cm³/mol. The molecule has 2 rings (SSSR count). The van der Waals surface area contributed by atoms with E-state index >= 15 is 0 Å². The van der Waals surface area contributed by atoms with E-state index in [2.05, 4.69) is 12.1 Å². The van der Waals surface area contributed by atoms with E-state index in [1.54, 1.807) is 0 Å². The first-order valence-electron chi connectivity index (χ1n) is 5.67. The average molecular weight is 225 g/mol. The Bertz CT molecular complexity index is 303. The minimum Gasteiger partial charge on any atom is -0.396 e. The van der Waals surface area contributed by atoms with Gasteiger partial charge in [-0.05, 0) is 55.2 Å². The quantitative estimate of drug-likeness (QED) is 0.810. The van der Waals surface area contributed by atoms with Crippen molar-refractivity contribution in [3.8, 4) is 0 Å². The highest BCUT2D eigenvalue weighted by atomic mass is 35.5. The molecule has 1 saturated carbocycles. The molecule has 0 aromatic heterocycles. The smallest absolute Gasteiger partial charge is 0.0431 e. The maximum Gasteiger partial charge on any atom is 0.0431 e. The Morgan fingerprint density at radius 2 is 1.93 bits per heavy atom. The lowest BCUT2D eigenvalue weighted by molar-refractivity contribution is 0.277. The van der Waals surface area contributed by atoms with Gasteiger partial charge in [-0.25, -0.2) is 0 Å². The van der Waals surface area contributed by atoms with Gasteiger partial charge in [-0.2, -0.15) is 0 Å². The third-order valence-electron chi connectivity index (χ3n) is 3.16. The Morgan fingerprint density at radius 3 is 2.47 bits per heavy atom. The summed E-state index contributed by atoms with van der Waals surface area (Å²) in [6.45, 7) is 0.302. The van der Waals surface area contributed by atoms with Gasteiger partial charge in [0.05, 0.1) is 0 Å². The Kier molecular flexibility index (Phi) is 3.66. The fourth-order valence-electron chi connectivity index (χ4n) is 2.19. The van der Waals surface area contributed by atoms with Crippen LogP contribution in [0, 0.1) is 5.92 Å².